The molecule has 2 aromatic rings. The van der Waals surface area contributed by atoms with Crippen LogP contribution in [0.1, 0.15) is 15.9 Å². The Balaban J connectivity index is 1.70. The van der Waals surface area contributed by atoms with Gasteiger partial charge in [0.05, 0.1) is 18.0 Å². The molecule has 0 amide bonds. The fourth-order valence-corrected chi connectivity index (χ4v) is 4.98. The topological polar surface area (TPSA) is 48.7 Å². The highest BCUT2D eigenvalue weighted by molar-refractivity contribution is 8.19. The lowest BCUT2D eigenvalue weighted by Gasteiger charge is -2.13. The number of ether oxygens (including phenoxy) is 2. The number of methoxy groups -OCH3 is 1. The van der Waals surface area contributed by atoms with Crippen LogP contribution in [-0.2, 0) is 4.79 Å². The Morgan fingerprint density at radius 1 is 1.26 bits per heavy atom. The van der Waals surface area contributed by atoms with Crippen LogP contribution in [0, 0.1) is 0 Å². The Labute approximate surface area is 143 Å². The van der Waals surface area contributed by atoms with Crippen molar-refractivity contribution >= 4 is 35.6 Å². The monoisotopic (exact) mass is 348 g/mol. The van der Waals surface area contributed by atoms with Crippen LogP contribution < -0.4 is 9.47 Å². The van der Waals surface area contributed by atoms with Crippen LogP contribution in [0.3, 0.4) is 0 Å². The van der Waals surface area contributed by atoms with Crippen LogP contribution in [0.5, 0.6) is 11.5 Å². The first-order chi connectivity index (χ1) is 11.3. The van der Waals surface area contributed by atoms with E-state index >= 15 is 0 Å². The zero-order valence-corrected chi connectivity index (χ0v) is 14.2. The maximum atomic E-state index is 11.9. The molecule has 0 N–H and O–H groups in total. The van der Waals surface area contributed by atoms with Crippen molar-refractivity contribution in [3.63, 3.8) is 0 Å². The van der Waals surface area contributed by atoms with E-state index < -0.39 is 5.97 Å². The van der Waals surface area contributed by atoms with Crippen molar-refractivity contribution in [3.8, 4) is 11.5 Å². The summed E-state index contributed by atoms with van der Waals surface area (Å²) in [7, 11) is 1.57. The van der Waals surface area contributed by atoms with Crippen LogP contribution in [-0.4, -0.2) is 24.6 Å². The van der Waals surface area contributed by atoms with Crippen molar-refractivity contribution < 1.29 is 18.7 Å². The number of benzene rings is 1. The summed E-state index contributed by atoms with van der Waals surface area (Å²) in [6.07, 6.45) is 4.44. The molecule has 0 bridgehead atoms. The van der Waals surface area contributed by atoms with Gasteiger partial charge in [-0.2, -0.15) is 0 Å². The molecule has 23 heavy (non-hydrogen) atoms. The van der Waals surface area contributed by atoms with Gasteiger partial charge >= 0.3 is 5.97 Å². The van der Waals surface area contributed by atoms with E-state index in [4.69, 9.17) is 13.9 Å². The Morgan fingerprint density at radius 3 is 2.78 bits per heavy atom. The number of carbonyl (C=O) groups is 1. The number of furan rings is 1. The summed E-state index contributed by atoms with van der Waals surface area (Å²) >= 11 is 3.84. The van der Waals surface area contributed by atoms with Crippen LogP contribution in [0.2, 0.25) is 0 Å². The second-order valence-electron chi connectivity index (χ2n) is 4.75. The average Bonchev–Trinajstić information content (AvgIpc) is 3.27. The van der Waals surface area contributed by atoms with Crippen molar-refractivity contribution in [1.82, 2.24) is 0 Å². The maximum absolute atomic E-state index is 11.9. The maximum Gasteiger partial charge on any atom is 0.336 e. The zero-order chi connectivity index (χ0) is 16.1. The normalized spacial score (nSPS) is 15.2. The van der Waals surface area contributed by atoms with Crippen LogP contribution in [0.15, 0.2) is 47.1 Å². The number of hydrogen-bond acceptors (Lipinski definition) is 6. The van der Waals surface area contributed by atoms with E-state index in [1.54, 1.807) is 37.6 Å². The van der Waals surface area contributed by atoms with E-state index in [-0.39, 0.29) is 0 Å². The minimum Gasteiger partial charge on any atom is -0.493 e. The minimum atomic E-state index is -0.475. The van der Waals surface area contributed by atoms with E-state index in [9.17, 15) is 4.79 Å². The van der Waals surface area contributed by atoms with Crippen molar-refractivity contribution in [1.29, 1.82) is 0 Å². The summed E-state index contributed by atoms with van der Waals surface area (Å²) in [6.45, 7) is 0. The lowest BCUT2D eigenvalue weighted by molar-refractivity contribution is -0.129. The third kappa shape index (κ3) is 4.14. The summed E-state index contributed by atoms with van der Waals surface area (Å²) in [5, 5.41) is 0. The van der Waals surface area contributed by atoms with Crippen molar-refractivity contribution in [3.05, 3.63) is 54.0 Å². The van der Waals surface area contributed by atoms with E-state index in [1.165, 1.54) is 11.6 Å². The first-order valence-corrected chi connectivity index (χ1v) is 9.20. The SMILES string of the molecule is COc1cc(C2SCCS2)ccc1OC(=O)/C=C/c1ccco1. The van der Waals surface area contributed by atoms with Crippen LogP contribution in [0.4, 0.5) is 0 Å². The molecular weight excluding hydrogens is 332 g/mol. The second kappa shape index (κ2) is 7.66. The smallest absolute Gasteiger partial charge is 0.336 e. The highest BCUT2D eigenvalue weighted by Gasteiger charge is 2.20. The highest BCUT2D eigenvalue weighted by Crippen LogP contribution is 2.46. The van der Waals surface area contributed by atoms with Gasteiger partial charge in [-0.25, -0.2) is 4.79 Å². The summed E-state index contributed by atoms with van der Waals surface area (Å²) in [6, 6.07) is 9.22. The van der Waals surface area contributed by atoms with Gasteiger partial charge in [0.25, 0.3) is 0 Å². The predicted molar refractivity (Wildman–Crippen MR) is 94.0 cm³/mol. The summed E-state index contributed by atoms with van der Waals surface area (Å²) in [4.78, 5) is 11.9. The highest BCUT2D eigenvalue weighted by atomic mass is 32.2. The van der Waals surface area contributed by atoms with E-state index in [0.717, 1.165) is 11.5 Å². The molecule has 0 unspecified atom stereocenters. The number of hydrogen-bond donors (Lipinski definition) is 0. The van der Waals surface area contributed by atoms with Gasteiger partial charge in [0.2, 0.25) is 0 Å². The number of thioether (sulfide) groups is 2. The van der Waals surface area contributed by atoms with Gasteiger partial charge < -0.3 is 13.9 Å². The largest absolute Gasteiger partial charge is 0.493 e. The molecule has 1 aromatic heterocycles. The van der Waals surface area contributed by atoms with Gasteiger partial charge in [0.1, 0.15) is 5.76 Å². The Kier molecular flexibility index (Phi) is 5.35. The number of carbonyl (C=O) groups excluding carboxylic acids is 1. The summed E-state index contributed by atoms with van der Waals surface area (Å²) < 4.78 is 16.3. The molecule has 3 rings (SSSR count). The van der Waals surface area contributed by atoms with Crippen molar-refractivity contribution in [2.24, 2.45) is 0 Å². The predicted octanol–water partition coefficient (Wildman–Crippen LogP) is 4.39. The van der Waals surface area contributed by atoms with Crippen LogP contribution >= 0.6 is 23.5 Å². The van der Waals surface area contributed by atoms with Crippen LogP contribution in [0.25, 0.3) is 6.08 Å². The molecule has 1 aromatic carbocycles. The molecular formula is C17H16O4S2. The third-order valence-corrected chi connectivity index (χ3v) is 6.32. The molecule has 2 heterocycles. The quantitative estimate of drug-likeness (QED) is 0.454. The Bertz CT molecular complexity index is 689. The van der Waals surface area contributed by atoms with Gasteiger partial charge in [-0.05, 0) is 35.9 Å². The molecule has 0 aliphatic carbocycles. The number of rotatable bonds is 5. The first kappa shape index (κ1) is 16.1. The molecule has 1 aliphatic heterocycles. The van der Waals surface area contributed by atoms with Crippen molar-refractivity contribution in [2.75, 3.05) is 18.6 Å². The molecule has 4 nitrogen and oxygen atoms in total. The molecule has 120 valence electrons. The molecule has 0 radical (unpaired) electrons. The third-order valence-electron chi connectivity index (χ3n) is 3.22. The molecule has 0 spiro atoms. The molecule has 0 saturated carbocycles. The van der Waals surface area contributed by atoms with E-state index in [2.05, 4.69) is 0 Å². The van der Waals surface area contributed by atoms with Gasteiger partial charge in [-0.15, -0.1) is 23.5 Å². The lowest BCUT2D eigenvalue weighted by atomic mass is 10.2. The molecule has 6 heteroatoms. The lowest BCUT2D eigenvalue weighted by Crippen LogP contribution is -2.05. The van der Waals surface area contributed by atoms with E-state index in [0.29, 0.717) is 21.8 Å². The zero-order valence-electron chi connectivity index (χ0n) is 12.6. The molecule has 0 atom stereocenters. The van der Waals surface area contributed by atoms with Gasteiger partial charge in [-0.3, -0.25) is 0 Å². The van der Waals surface area contributed by atoms with Gasteiger partial charge in [0, 0.05) is 17.6 Å². The average molecular weight is 348 g/mol. The fourth-order valence-electron chi connectivity index (χ4n) is 2.14. The summed E-state index contributed by atoms with van der Waals surface area (Å²) in [5.41, 5.74) is 1.18. The van der Waals surface area contributed by atoms with Crippen molar-refractivity contribution in [2.45, 2.75) is 4.58 Å². The second-order valence-corrected chi connectivity index (χ2v) is 7.48. The van der Waals surface area contributed by atoms with Gasteiger partial charge in [0.15, 0.2) is 11.5 Å². The molecule has 1 aliphatic rings. The Morgan fingerprint density at radius 2 is 2.09 bits per heavy atom. The Hall–Kier alpha value is -1.79. The van der Waals surface area contributed by atoms with Gasteiger partial charge in [-0.1, -0.05) is 6.07 Å². The first-order valence-electron chi connectivity index (χ1n) is 7.11. The molecule has 1 saturated heterocycles. The number of esters is 1. The standard InChI is InChI=1S/C17H16O4S2/c1-19-15-11-12(17-22-9-10-23-17)4-6-14(15)21-16(18)7-5-13-3-2-8-20-13/h2-8,11,17H,9-10H2,1H3/b7-5+. The minimum absolute atomic E-state index is 0.415. The van der Waals surface area contributed by atoms with E-state index in [1.807, 2.05) is 35.7 Å². The molecule has 1 fully saturated rings. The fraction of sp³-hybridized carbons (Fsp3) is 0.235. The summed E-state index contributed by atoms with van der Waals surface area (Å²) in [5.74, 6) is 3.42.